The molecule has 6 nitrogen and oxygen atoms in total. The first-order valence-corrected chi connectivity index (χ1v) is 9.41. The number of carbonyl (C=O) groups is 3. The summed E-state index contributed by atoms with van der Waals surface area (Å²) in [5.41, 5.74) is 0.865. The molecule has 0 aliphatic heterocycles. The summed E-state index contributed by atoms with van der Waals surface area (Å²) in [7, 11) is 0. The van der Waals surface area contributed by atoms with Gasteiger partial charge in [-0.2, -0.15) is 0 Å². The molecule has 2 aromatic carbocycles. The minimum Gasteiger partial charge on any atom is -0.494 e. The maximum Gasteiger partial charge on any atom is 0.307 e. The van der Waals surface area contributed by atoms with Crippen molar-refractivity contribution in [1.29, 1.82) is 0 Å². The minimum atomic E-state index is -1.04. The predicted octanol–water partition coefficient (Wildman–Crippen LogP) is 4.15. The molecule has 154 valence electrons. The van der Waals surface area contributed by atoms with E-state index in [4.69, 9.17) is 9.47 Å². The molecule has 2 aromatic rings. The molecule has 0 bridgehead atoms. The number of nitrogens with one attached hydrogen (secondary N) is 1. The van der Waals surface area contributed by atoms with Gasteiger partial charge in [0, 0.05) is 17.7 Å². The van der Waals surface area contributed by atoms with E-state index in [-0.39, 0.29) is 18.6 Å². The number of rotatable bonds is 10. The van der Waals surface area contributed by atoms with Crippen LogP contribution in [0.2, 0.25) is 0 Å². The van der Waals surface area contributed by atoms with Gasteiger partial charge >= 0.3 is 5.97 Å². The van der Waals surface area contributed by atoms with Crippen molar-refractivity contribution in [3.8, 4) is 5.75 Å². The number of hydrogen-bond acceptors (Lipinski definition) is 5. The fourth-order valence-corrected chi connectivity index (χ4v) is 2.40. The predicted molar refractivity (Wildman–Crippen MR) is 106 cm³/mol. The molecule has 1 N–H and O–H groups in total. The van der Waals surface area contributed by atoms with Crippen LogP contribution in [0, 0.1) is 5.82 Å². The van der Waals surface area contributed by atoms with Gasteiger partial charge in [0.1, 0.15) is 11.6 Å². The van der Waals surface area contributed by atoms with E-state index in [1.54, 1.807) is 24.3 Å². The SMILES string of the molecule is CCCOc1ccc(C(=O)CCC(=O)O[C@@H](C)C(=O)Nc2ccc(F)cc2)cc1. The maximum atomic E-state index is 12.9. The summed E-state index contributed by atoms with van der Waals surface area (Å²) in [6, 6.07) is 11.9. The van der Waals surface area contributed by atoms with E-state index in [0.717, 1.165) is 6.42 Å². The number of hydrogen-bond donors (Lipinski definition) is 1. The van der Waals surface area contributed by atoms with Crippen molar-refractivity contribution in [2.75, 3.05) is 11.9 Å². The second-order valence-corrected chi connectivity index (χ2v) is 6.42. The highest BCUT2D eigenvalue weighted by atomic mass is 19.1. The Kier molecular flexibility index (Phi) is 8.33. The van der Waals surface area contributed by atoms with Crippen LogP contribution in [0.1, 0.15) is 43.5 Å². The first kappa shape index (κ1) is 22.1. The maximum absolute atomic E-state index is 12.9. The lowest BCUT2D eigenvalue weighted by atomic mass is 10.1. The van der Waals surface area contributed by atoms with Gasteiger partial charge in [-0.3, -0.25) is 14.4 Å². The second-order valence-electron chi connectivity index (χ2n) is 6.42. The number of halogens is 1. The summed E-state index contributed by atoms with van der Waals surface area (Å²) in [5, 5.41) is 2.52. The summed E-state index contributed by atoms with van der Waals surface area (Å²) < 4.78 is 23.4. The topological polar surface area (TPSA) is 81.7 Å². The Morgan fingerprint density at radius 2 is 1.66 bits per heavy atom. The van der Waals surface area contributed by atoms with Gasteiger partial charge < -0.3 is 14.8 Å². The molecular weight excluding hydrogens is 377 g/mol. The fraction of sp³-hybridized carbons (Fsp3) is 0.318. The van der Waals surface area contributed by atoms with Gasteiger partial charge in [-0.1, -0.05) is 6.92 Å². The van der Waals surface area contributed by atoms with Crippen LogP contribution in [0.15, 0.2) is 48.5 Å². The van der Waals surface area contributed by atoms with Crippen molar-refractivity contribution in [3.63, 3.8) is 0 Å². The van der Waals surface area contributed by atoms with Crippen molar-refractivity contribution in [3.05, 3.63) is 59.9 Å². The molecule has 0 aliphatic carbocycles. The molecule has 0 saturated carbocycles. The summed E-state index contributed by atoms with van der Waals surface area (Å²) in [5.74, 6) is -1.13. The monoisotopic (exact) mass is 401 g/mol. The van der Waals surface area contributed by atoms with Crippen molar-refractivity contribution < 1.29 is 28.2 Å². The van der Waals surface area contributed by atoms with Crippen molar-refractivity contribution in [2.45, 2.75) is 39.2 Å². The Morgan fingerprint density at radius 1 is 1.00 bits per heavy atom. The highest BCUT2D eigenvalue weighted by molar-refractivity contribution is 5.98. The number of amides is 1. The number of Topliss-reactive ketones (excluding diaryl/α,β-unsaturated/α-hetero) is 1. The summed E-state index contributed by atoms with van der Waals surface area (Å²) in [6.07, 6.45) is -0.317. The summed E-state index contributed by atoms with van der Waals surface area (Å²) >= 11 is 0. The molecule has 0 spiro atoms. The Labute approximate surface area is 169 Å². The van der Waals surface area contributed by atoms with Crippen molar-refractivity contribution in [1.82, 2.24) is 0 Å². The summed E-state index contributed by atoms with van der Waals surface area (Å²) in [6.45, 7) is 4.03. The Bertz CT molecular complexity index is 833. The molecule has 0 saturated heterocycles. The molecule has 0 heterocycles. The molecule has 2 rings (SSSR count). The second kappa shape index (κ2) is 10.9. The largest absolute Gasteiger partial charge is 0.494 e. The third-order valence-electron chi connectivity index (χ3n) is 3.99. The zero-order valence-electron chi connectivity index (χ0n) is 16.4. The van der Waals surface area contributed by atoms with Crippen LogP contribution in [-0.2, 0) is 14.3 Å². The van der Waals surface area contributed by atoms with E-state index >= 15 is 0 Å². The Hall–Kier alpha value is -3.22. The summed E-state index contributed by atoms with van der Waals surface area (Å²) in [4.78, 5) is 36.2. The van der Waals surface area contributed by atoms with Crippen LogP contribution < -0.4 is 10.1 Å². The third kappa shape index (κ3) is 7.37. The molecule has 0 aromatic heterocycles. The quantitative estimate of drug-likeness (QED) is 0.478. The highest BCUT2D eigenvalue weighted by Crippen LogP contribution is 2.15. The van der Waals surface area contributed by atoms with Gasteiger partial charge in [-0.15, -0.1) is 0 Å². The van der Waals surface area contributed by atoms with Gasteiger partial charge in [0.2, 0.25) is 0 Å². The number of ether oxygens (including phenoxy) is 2. The van der Waals surface area contributed by atoms with Gasteiger partial charge in [-0.25, -0.2) is 4.39 Å². The van der Waals surface area contributed by atoms with Gasteiger partial charge in [-0.05, 0) is 61.9 Å². The molecule has 0 radical (unpaired) electrons. The Balaban J connectivity index is 1.77. The average Bonchev–Trinajstić information content (AvgIpc) is 2.72. The minimum absolute atomic E-state index is 0.0275. The van der Waals surface area contributed by atoms with Gasteiger partial charge in [0.05, 0.1) is 13.0 Å². The van der Waals surface area contributed by atoms with Crippen LogP contribution in [0.5, 0.6) is 5.75 Å². The molecule has 0 unspecified atom stereocenters. The molecular formula is C22H24FNO5. The standard InChI is InChI=1S/C22H24FNO5/c1-3-14-28-19-10-4-16(5-11-19)20(25)12-13-21(26)29-15(2)22(27)24-18-8-6-17(23)7-9-18/h4-11,15H,3,12-14H2,1-2H3,(H,24,27)/t15-/m0/s1. The number of anilines is 1. The van der Waals surface area contributed by atoms with E-state index < -0.39 is 23.8 Å². The van der Waals surface area contributed by atoms with Crippen LogP contribution in [-0.4, -0.2) is 30.4 Å². The first-order valence-electron chi connectivity index (χ1n) is 9.41. The molecule has 0 fully saturated rings. The highest BCUT2D eigenvalue weighted by Gasteiger charge is 2.19. The third-order valence-corrected chi connectivity index (χ3v) is 3.99. The average molecular weight is 401 g/mol. The van der Waals surface area contributed by atoms with E-state index in [2.05, 4.69) is 5.32 Å². The smallest absolute Gasteiger partial charge is 0.307 e. The van der Waals surface area contributed by atoms with E-state index in [9.17, 15) is 18.8 Å². The van der Waals surface area contributed by atoms with Crippen LogP contribution >= 0.6 is 0 Å². The van der Waals surface area contributed by atoms with Crippen molar-refractivity contribution >= 4 is 23.3 Å². The first-order chi connectivity index (χ1) is 13.9. The van der Waals surface area contributed by atoms with Crippen LogP contribution in [0.3, 0.4) is 0 Å². The number of carbonyl (C=O) groups excluding carboxylic acids is 3. The molecule has 1 atom stereocenters. The number of ketones is 1. The number of esters is 1. The van der Waals surface area contributed by atoms with E-state index in [0.29, 0.717) is 23.6 Å². The van der Waals surface area contributed by atoms with Gasteiger partial charge in [0.25, 0.3) is 5.91 Å². The fourth-order valence-electron chi connectivity index (χ4n) is 2.40. The number of benzene rings is 2. The zero-order valence-corrected chi connectivity index (χ0v) is 16.4. The molecule has 29 heavy (non-hydrogen) atoms. The van der Waals surface area contributed by atoms with Gasteiger partial charge in [0.15, 0.2) is 11.9 Å². The van der Waals surface area contributed by atoms with E-state index in [1.807, 2.05) is 6.92 Å². The molecule has 1 amide bonds. The molecule has 7 heteroatoms. The Morgan fingerprint density at radius 3 is 2.28 bits per heavy atom. The van der Waals surface area contributed by atoms with Crippen molar-refractivity contribution in [2.24, 2.45) is 0 Å². The zero-order chi connectivity index (χ0) is 21.2. The lowest BCUT2D eigenvalue weighted by molar-refractivity contribution is -0.153. The lowest BCUT2D eigenvalue weighted by Crippen LogP contribution is -2.30. The molecule has 0 aliphatic rings. The normalized spacial score (nSPS) is 11.4. The lowest BCUT2D eigenvalue weighted by Gasteiger charge is -2.13. The van der Waals surface area contributed by atoms with Crippen LogP contribution in [0.4, 0.5) is 10.1 Å². The van der Waals surface area contributed by atoms with E-state index in [1.165, 1.54) is 31.2 Å². The van der Waals surface area contributed by atoms with Crippen LogP contribution in [0.25, 0.3) is 0 Å².